The highest BCUT2D eigenvalue weighted by Gasteiger charge is 2.78. The first-order chi connectivity index (χ1) is 19.9. The second-order valence-electron chi connectivity index (χ2n) is 15.1. The average molecular weight is 632 g/mol. The third-order valence-corrected chi connectivity index (χ3v) is 12.6. The molecule has 2 aliphatic rings. The molecule has 43 heavy (non-hydrogen) atoms. The Hall–Kier alpha value is -2.42. The highest BCUT2D eigenvalue weighted by molar-refractivity contribution is 6.76. The Labute approximate surface area is 255 Å². The van der Waals surface area contributed by atoms with Crippen LogP contribution < -0.4 is 4.90 Å². The Balaban J connectivity index is 1.56. The molecule has 0 spiro atoms. The predicted octanol–water partition coefficient (Wildman–Crippen LogP) is 6.88. The van der Waals surface area contributed by atoms with Gasteiger partial charge in [0.25, 0.3) is 5.92 Å². The van der Waals surface area contributed by atoms with Crippen molar-refractivity contribution >= 4 is 38.8 Å². The van der Waals surface area contributed by atoms with Gasteiger partial charge in [-0.15, -0.1) is 0 Å². The Morgan fingerprint density at radius 3 is 2.30 bits per heavy atom. The van der Waals surface area contributed by atoms with Crippen LogP contribution in [0.4, 0.5) is 14.5 Å². The number of hydrogen-bond donors (Lipinski definition) is 0. The largest absolute Gasteiger partial charge is 0.361 e. The van der Waals surface area contributed by atoms with Crippen LogP contribution in [-0.4, -0.2) is 67.6 Å². The maximum Gasteiger partial charge on any atom is 0.258 e. The van der Waals surface area contributed by atoms with Gasteiger partial charge in [-0.2, -0.15) is 5.10 Å². The summed E-state index contributed by atoms with van der Waals surface area (Å²) in [6.07, 6.45) is 0.506. The summed E-state index contributed by atoms with van der Waals surface area (Å²) >= 11 is 0. The van der Waals surface area contributed by atoms with E-state index in [1.807, 2.05) is 22.8 Å². The Morgan fingerprint density at radius 1 is 1.07 bits per heavy atom. The van der Waals surface area contributed by atoms with Crippen LogP contribution in [0.3, 0.4) is 0 Å². The zero-order valence-electron chi connectivity index (χ0n) is 27.2. The summed E-state index contributed by atoms with van der Waals surface area (Å²) in [6.45, 7) is 18.8. The molecular weight excluding hydrogens is 585 g/mol. The molecule has 2 atom stereocenters. The Morgan fingerprint density at radius 2 is 1.70 bits per heavy atom. The summed E-state index contributed by atoms with van der Waals surface area (Å²) in [6, 6.07) is 7.76. The summed E-state index contributed by atoms with van der Waals surface area (Å²) in [5, 5.41) is 5.00. The van der Waals surface area contributed by atoms with Crippen LogP contribution in [0.25, 0.3) is 22.6 Å². The van der Waals surface area contributed by atoms with Crippen LogP contribution in [0.5, 0.6) is 0 Å². The van der Waals surface area contributed by atoms with Crippen molar-refractivity contribution in [3.63, 3.8) is 0 Å². The van der Waals surface area contributed by atoms with Crippen molar-refractivity contribution in [1.29, 1.82) is 0 Å². The minimum absolute atomic E-state index is 0.0796. The number of benzene rings is 1. The summed E-state index contributed by atoms with van der Waals surface area (Å²) in [4.78, 5) is 18.7. The Kier molecular flexibility index (Phi) is 8.32. The fraction of sp³-hybridized carbons (Fsp3) is 0.645. The van der Waals surface area contributed by atoms with Gasteiger partial charge in [0.15, 0.2) is 5.82 Å². The number of nitrogens with zero attached hydrogens (tertiary/aromatic N) is 5. The lowest BCUT2D eigenvalue weighted by Gasteiger charge is -2.19. The van der Waals surface area contributed by atoms with Crippen molar-refractivity contribution in [2.75, 3.05) is 25.2 Å². The molecule has 1 fully saturated rings. The van der Waals surface area contributed by atoms with Gasteiger partial charge in [-0.3, -0.25) is 9.36 Å². The molecule has 0 saturated heterocycles. The average Bonchev–Trinajstić information content (AvgIpc) is 3.19. The van der Waals surface area contributed by atoms with Crippen LogP contribution >= 0.6 is 0 Å². The maximum atomic E-state index is 15.0. The van der Waals surface area contributed by atoms with E-state index < -0.39 is 33.4 Å². The van der Waals surface area contributed by atoms with E-state index in [-0.39, 0.29) is 32.2 Å². The number of ether oxygens (including phenoxy) is 2. The molecule has 5 rings (SSSR count). The van der Waals surface area contributed by atoms with Gasteiger partial charge in [-0.25, -0.2) is 18.4 Å². The monoisotopic (exact) mass is 631 g/mol. The molecule has 0 bridgehead atoms. The van der Waals surface area contributed by atoms with Gasteiger partial charge in [0, 0.05) is 78.0 Å². The molecule has 1 amide bonds. The summed E-state index contributed by atoms with van der Waals surface area (Å²) < 4.78 is 46.1. The van der Waals surface area contributed by atoms with Crippen LogP contribution in [-0.2, 0) is 40.6 Å². The number of amides is 1. The van der Waals surface area contributed by atoms with Gasteiger partial charge in [0.2, 0.25) is 5.91 Å². The zero-order chi connectivity index (χ0) is 31.5. The van der Waals surface area contributed by atoms with E-state index in [1.165, 1.54) is 6.92 Å². The number of fused-ring (bicyclic) bond motifs is 3. The quantitative estimate of drug-likeness (QED) is 0.161. The molecule has 0 aliphatic heterocycles. The first-order valence-electron chi connectivity index (χ1n) is 15.3. The molecule has 236 valence electrons. The molecule has 2 aliphatic carbocycles. The van der Waals surface area contributed by atoms with Gasteiger partial charge < -0.3 is 14.4 Å². The smallest absolute Gasteiger partial charge is 0.258 e. The normalized spacial score (nSPS) is 21.1. The number of rotatable bonds is 12. The second-order valence-corrected chi connectivity index (χ2v) is 26.3. The van der Waals surface area contributed by atoms with E-state index >= 15 is 8.78 Å². The van der Waals surface area contributed by atoms with Crippen LogP contribution in [0, 0.1) is 11.3 Å². The van der Waals surface area contributed by atoms with Crippen molar-refractivity contribution in [2.24, 2.45) is 11.3 Å². The fourth-order valence-corrected chi connectivity index (χ4v) is 7.45. The third-order valence-electron chi connectivity index (χ3n) is 9.22. The highest BCUT2D eigenvalue weighted by Crippen LogP contribution is 2.70. The molecule has 8 nitrogen and oxygen atoms in total. The number of carbonyl (C=O) groups is 1. The van der Waals surface area contributed by atoms with E-state index in [0.717, 1.165) is 34.5 Å². The summed E-state index contributed by atoms with van der Waals surface area (Å²) in [7, 11) is -0.849. The predicted molar refractivity (Wildman–Crippen MR) is 172 cm³/mol. The van der Waals surface area contributed by atoms with Crippen molar-refractivity contribution in [3.05, 3.63) is 29.5 Å². The number of imidazole rings is 1. The maximum absolute atomic E-state index is 15.0. The number of anilines is 1. The molecule has 1 aromatic carbocycles. The van der Waals surface area contributed by atoms with E-state index in [4.69, 9.17) is 19.6 Å². The van der Waals surface area contributed by atoms with Crippen LogP contribution in [0.2, 0.25) is 51.4 Å². The number of halogens is 2. The Bertz CT molecular complexity index is 1520. The summed E-state index contributed by atoms with van der Waals surface area (Å²) in [5.74, 6) is -2.91. The highest BCUT2D eigenvalue weighted by atomic mass is 28.3. The minimum atomic E-state index is -2.71. The van der Waals surface area contributed by atoms with Crippen molar-refractivity contribution < 1.29 is 23.0 Å². The molecule has 0 radical (unpaired) electrons. The molecule has 12 heteroatoms. The molecule has 0 N–H and O–H groups in total. The first kappa shape index (κ1) is 32.0. The lowest BCUT2D eigenvalue weighted by Crippen LogP contribution is -2.23. The van der Waals surface area contributed by atoms with Gasteiger partial charge in [0.1, 0.15) is 19.2 Å². The molecule has 3 aromatic rings. The number of carbonyl (C=O) groups excluding carboxylic acids is 1. The SMILES string of the molecule is CC(=O)N(C)c1ccc2c(c1)nc(-c1nn(COCC[Si](C)(C)C)c3c1CC1C(F)(F)C1(C)C3)n2COCC[Si](C)(C)C. The molecular formula is C31H47F2N5O3Si2. The lowest BCUT2D eigenvalue weighted by molar-refractivity contribution is -0.116. The van der Waals surface area contributed by atoms with Crippen LogP contribution in [0.15, 0.2) is 18.2 Å². The molecule has 2 heterocycles. The molecule has 2 unspecified atom stereocenters. The third kappa shape index (κ3) is 6.25. The number of alkyl halides is 2. The fourth-order valence-electron chi connectivity index (χ4n) is 5.94. The lowest BCUT2D eigenvalue weighted by atomic mass is 9.87. The van der Waals surface area contributed by atoms with Crippen molar-refractivity contribution in [3.8, 4) is 11.5 Å². The number of hydrogen-bond acceptors (Lipinski definition) is 5. The van der Waals surface area contributed by atoms with Gasteiger partial charge >= 0.3 is 0 Å². The topological polar surface area (TPSA) is 74.4 Å². The van der Waals surface area contributed by atoms with Gasteiger partial charge in [-0.1, -0.05) is 46.2 Å². The number of aromatic nitrogens is 4. The van der Waals surface area contributed by atoms with E-state index in [0.29, 0.717) is 30.2 Å². The zero-order valence-corrected chi connectivity index (χ0v) is 29.2. The summed E-state index contributed by atoms with van der Waals surface area (Å²) in [5.41, 5.74) is 3.46. The standard InChI is InChI=1S/C31H47F2N5O3Si2/c1-21(39)36(3)22-10-11-25-24(16-22)34-29(37(25)19-40-12-14-42(4,5)6)28-23-17-27-30(2,31(27,32)33)18-26(23)38(35-28)20-41-13-15-43(7,8)9/h10-11,16,27H,12-15,17-20H2,1-9H3. The van der Waals surface area contributed by atoms with Crippen molar-refractivity contribution in [1.82, 2.24) is 19.3 Å². The van der Waals surface area contributed by atoms with E-state index in [9.17, 15) is 4.79 Å². The van der Waals surface area contributed by atoms with Crippen molar-refractivity contribution in [2.45, 2.75) is 97.4 Å². The van der Waals surface area contributed by atoms with Crippen LogP contribution in [0.1, 0.15) is 25.1 Å². The minimum Gasteiger partial charge on any atom is -0.361 e. The molecule has 2 aromatic heterocycles. The second kappa shape index (κ2) is 11.2. The molecule has 1 saturated carbocycles. The van der Waals surface area contributed by atoms with E-state index in [1.54, 1.807) is 23.6 Å². The van der Waals surface area contributed by atoms with Gasteiger partial charge in [-0.05, 0) is 36.7 Å². The van der Waals surface area contributed by atoms with Gasteiger partial charge in [0.05, 0.1) is 11.0 Å². The van der Waals surface area contributed by atoms with E-state index in [2.05, 4.69) is 39.3 Å². The first-order valence-corrected chi connectivity index (χ1v) is 22.7.